The Labute approximate surface area is 142 Å². The smallest absolute Gasteiger partial charge is 0.229 e. The van der Waals surface area contributed by atoms with Gasteiger partial charge in [0.25, 0.3) is 0 Å². The number of carbonyl (C=O) groups excluding carboxylic acids is 1. The molecular weight excluding hydrogens is 312 g/mol. The van der Waals surface area contributed by atoms with E-state index < -0.39 is 0 Å². The van der Waals surface area contributed by atoms with Crippen molar-refractivity contribution in [1.29, 1.82) is 0 Å². The Kier molecular flexibility index (Phi) is 5.44. The molecule has 0 unspecified atom stereocenters. The van der Waals surface area contributed by atoms with Crippen LogP contribution in [0.4, 0.5) is 5.69 Å². The molecule has 2 atom stereocenters. The Morgan fingerprint density at radius 1 is 1.26 bits per heavy atom. The fourth-order valence-electron chi connectivity index (χ4n) is 3.22. The van der Waals surface area contributed by atoms with Crippen molar-refractivity contribution in [2.45, 2.75) is 19.8 Å². The zero-order valence-corrected chi connectivity index (χ0v) is 14.5. The summed E-state index contributed by atoms with van der Waals surface area (Å²) in [5.41, 5.74) is 4.31. The van der Waals surface area contributed by atoms with Crippen molar-refractivity contribution in [2.24, 2.45) is 13.0 Å². The van der Waals surface area contributed by atoms with Gasteiger partial charge in [0.2, 0.25) is 5.91 Å². The largest absolute Gasteiger partial charge is 0.326 e. The van der Waals surface area contributed by atoms with Crippen LogP contribution in [0.15, 0.2) is 30.6 Å². The molecule has 1 aromatic heterocycles. The van der Waals surface area contributed by atoms with Crippen LogP contribution in [0.5, 0.6) is 0 Å². The average molecular weight is 335 g/mol. The summed E-state index contributed by atoms with van der Waals surface area (Å²) in [6, 6.07) is 6.12. The zero-order valence-electron chi connectivity index (χ0n) is 13.7. The van der Waals surface area contributed by atoms with Crippen LogP contribution in [0.2, 0.25) is 0 Å². The van der Waals surface area contributed by atoms with Gasteiger partial charge in [0.1, 0.15) is 0 Å². The lowest BCUT2D eigenvalue weighted by Gasteiger charge is -2.17. The number of hydrogen-bond donors (Lipinski definition) is 2. The van der Waals surface area contributed by atoms with E-state index in [4.69, 9.17) is 0 Å². The molecule has 3 rings (SSSR count). The molecule has 0 radical (unpaired) electrons. The lowest BCUT2D eigenvalue weighted by atomic mass is 9.90. The Hall–Kier alpha value is -1.85. The van der Waals surface area contributed by atoms with Gasteiger partial charge in [-0.15, -0.1) is 12.4 Å². The SMILES string of the molecule is Cc1cc(C)cc(NC(=O)[C@H]2CNC[C@@H]2c2cnn(C)c2)c1.Cl. The maximum atomic E-state index is 12.6. The predicted octanol–water partition coefficient (Wildman–Crippen LogP) is 2.40. The summed E-state index contributed by atoms with van der Waals surface area (Å²) in [6.45, 7) is 5.60. The van der Waals surface area contributed by atoms with Gasteiger partial charge >= 0.3 is 0 Å². The molecule has 0 saturated carbocycles. The standard InChI is InChI=1S/C17H22N4O.ClH/c1-11-4-12(2)6-14(5-11)20-17(22)16-9-18-8-15(16)13-7-19-21(3)10-13;/h4-7,10,15-16,18H,8-9H2,1-3H3,(H,20,22);1H/t15-,16+;/m1./s1. The molecule has 1 saturated heterocycles. The number of aryl methyl sites for hydroxylation is 3. The van der Waals surface area contributed by atoms with Gasteiger partial charge in [-0.25, -0.2) is 0 Å². The number of hydrogen-bond acceptors (Lipinski definition) is 3. The Bertz CT molecular complexity index is 677. The topological polar surface area (TPSA) is 59.0 Å². The van der Waals surface area contributed by atoms with Crippen LogP contribution in [0.1, 0.15) is 22.6 Å². The third-order valence-corrected chi connectivity index (χ3v) is 4.19. The molecule has 1 aliphatic heterocycles. The minimum Gasteiger partial charge on any atom is -0.326 e. The molecule has 1 amide bonds. The highest BCUT2D eigenvalue weighted by atomic mass is 35.5. The van der Waals surface area contributed by atoms with Crippen LogP contribution in [-0.2, 0) is 11.8 Å². The minimum absolute atomic E-state index is 0. The summed E-state index contributed by atoms with van der Waals surface area (Å²) in [5, 5.41) is 10.6. The van der Waals surface area contributed by atoms with E-state index in [1.807, 2.05) is 45.4 Å². The first-order valence-electron chi connectivity index (χ1n) is 7.61. The second-order valence-electron chi connectivity index (χ2n) is 6.18. The molecule has 6 heteroatoms. The molecule has 23 heavy (non-hydrogen) atoms. The lowest BCUT2D eigenvalue weighted by Crippen LogP contribution is -2.28. The van der Waals surface area contributed by atoms with E-state index in [-0.39, 0.29) is 30.2 Å². The van der Waals surface area contributed by atoms with Gasteiger partial charge in [0.05, 0.1) is 12.1 Å². The molecule has 0 bridgehead atoms. The van der Waals surface area contributed by atoms with Crippen LogP contribution in [0.3, 0.4) is 0 Å². The molecular formula is C17H23ClN4O. The first-order chi connectivity index (χ1) is 10.5. The summed E-state index contributed by atoms with van der Waals surface area (Å²) in [6.07, 6.45) is 3.85. The molecule has 1 aliphatic rings. The number of aromatic nitrogens is 2. The summed E-state index contributed by atoms with van der Waals surface area (Å²) in [7, 11) is 1.90. The van der Waals surface area contributed by atoms with Crippen LogP contribution >= 0.6 is 12.4 Å². The fourth-order valence-corrected chi connectivity index (χ4v) is 3.22. The number of nitrogens with one attached hydrogen (secondary N) is 2. The summed E-state index contributed by atoms with van der Waals surface area (Å²) >= 11 is 0. The highest BCUT2D eigenvalue weighted by Gasteiger charge is 2.34. The molecule has 1 fully saturated rings. The van der Waals surface area contributed by atoms with E-state index >= 15 is 0 Å². The van der Waals surface area contributed by atoms with E-state index in [0.717, 1.165) is 28.9 Å². The fraction of sp³-hybridized carbons (Fsp3) is 0.412. The molecule has 0 aliphatic carbocycles. The third-order valence-electron chi connectivity index (χ3n) is 4.19. The third kappa shape index (κ3) is 3.92. The number of benzene rings is 1. The highest BCUT2D eigenvalue weighted by molar-refractivity contribution is 5.93. The van der Waals surface area contributed by atoms with Gasteiger partial charge in [-0.2, -0.15) is 5.10 Å². The highest BCUT2D eigenvalue weighted by Crippen LogP contribution is 2.29. The zero-order chi connectivity index (χ0) is 15.7. The summed E-state index contributed by atoms with van der Waals surface area (Å²) < 4.78 is 1.78. The van der Waals surface area contributed by atoms with Gasteiger partial charge in [0.15, 0.2) is 0 Å². The van der Waals surface area contributed by atoms with Gasteiger partial charge in [-0.3, -0.25) is 9.48 Å². The number of carbonyl (C=O) groups is 1. The second kappa shape index (κ2) is 7.15. The van der Waals surface area contributed by atoms with E-state index in [2.05, 4.69) is 21.8 Å². The molecule has 2 aromatic rings. The maximum absolute atomic E-state index is 12.6. The Morgan fingerprint density at radius 2 is 1.96 bits per heavy atom. The van der Waals surface area contributed by atoms with E-state index in [9.17, 15) is 4.79 Å². The van der Waals surface area contributed by atoms with E-state index in [0.29, 0.717) is 6.54 Å². The van der Waals surface area contributed by atoms with Crippen molar-refractivity contribution < 1.29 is 4.79 Å². The molecule has 2 heterocycles. The van der Waals surface area contributed by atoms with Crippen molar-refractivity contribution in [2.75, 3.05) is 18.4 Å². The average Bonchev–Trinajstić information content (AvgIpc) is 3.05. The summed E-state index contributed by atoms with van der Waals surface area (Å²) in [5.74, 6) is 0.188. The number of nitrogens with zero attached hydrogens (tertiary/aromatic N) is 2. The van der Waals surface area contributed by atoms with Crippen LogP contribution < -0.4 is 10.6 Å². The maximum Gasteiger partial charge on any atom is 0.229 e. The number of anilines is 1. The van der Waals surface area contributed by atoms with Gasteiger partial charge < -0.3 is 10.6 Å². The van der Waals surface area contributed by atoms with E-state index in [1.165, 1.54) is 0 Å². The molecule has 124 valence electrons. The minimum atomic E-state index is -0.0648. The predicted molar refractivity (Wildman–Crippen MR) is 94.1 cm³/mol. The number of amides is 1. The van der Waals surface area contributed by atoms with Crippen molar-refractivity contribution in [3.05, 3.63) is 47.3 Å². The van der Waals surface area contributed by atoms with Crippen LogP contribution in [0, 0.1) is 19.8 Å². The quantitative estimate of drug-likeness (QED) is 0.906. The van der Waals surface area contributed by atoms with Crippen LogP contribution in [-0.4, -0.2) is 28.8 Å². The van der Waals surface area contributed by atoms with E-state index in [1.54, 1.807) is 4.68 Å². The van der Waals surface area contributed by atoms with Gasteiger partial charge in [-0.1, -0.05) is 6.07 Å². The number of rotatable bonds is 3. The van der Waals surface area contributed by atoms with Crippen molar-refractivity contribution in [3.63, 3.8) is 0 Å². The monoisotopic (exact) mass is 334 g/mol. The Morgan fingerprint density at radius 3 is 2.57 bits per heavy atom. The molecule has 0 spiro atoms. The second-order valence-corrected chi connectivity index (χ2v) is 6.18. The Balaban J connectivity index is 0.00000192. The molecule has 1 aromatic carbocycles. The van der Waals surface area contributed by atoms with Crippen molar-refractivity contribution >= 4 is 24.0 Å². The summed E-state index contributed by atoms with van der Waals surface area (Å²) in [4.78, 5) is 12.6. The lowest BCUT2D eigenvalue weighted by molar-refractivity contribution is -0.119. The van der Waals surface area contributed by atoms with Crippen molar-refractivity contribution in [1.82, 2.24) is 15.1 Å². The molecule has 5 nitrogen and oxygen atoms in total. The van der Waals surface area contributed by atoms with Crippen molar-refractivity contribution in [3.8, 4) is 0 Å². The first kappa shape index (κ1) is 17.5. The normalized spacial score (nSPS) is 20.1. The van der Waals surface area contributed by atoms with Gasteiger partial charge in [0, 0.05) is 37.9 Å². The van der Waals surface area contributed by atoms with Gasteiger partial charge in [-0.05, 0) is 42.7 Å². The molecule has 2 N–H and O–H groups in total. The van der Waals surface area contributed by atoms with Crippen LogP contribution in [0.25, 0.3) is 0 Å². The first-order valence-corrected chi connectivity index (χ1v) is 7.61. The number of halogens is 1.